The van der Waals surface area contributed by atoms with Gasteiger partial charge in [-0.2, -0.15) is 0 Å². The van der Waals surface area contributed by atoms with Gasteiger partial charge < -0.3 is 5.32 Å². The van der Waals surface area contributed by atoms with Crippen molar-refractivity contribution in [1.82, 2.24) is 5.32 Å². The molecule has 1 saturated heterocycles. The summed E-state index contributed by atoms with van der Waals surface area (Å²) in [5.74, 6) is 6.94. The van der Waals surface area contributed by atoms with E-state index in [1.807, 2.05) is 0 Å². The molecule has 1 unspecified atom stereocenters. The van der Waals surface area contributed by atoms with Crippen molar-refractivity contribution in [2.75, 3.05) is 17.5 Å². The number of hydrogen-bond acceptors (Lipinski definition) is 1. The molecule has 1 rings (SSSR count). The minimum atomic E-state index is 0.639. The van der Waals surface area contributed by atoms with Crippen molar-refractivity contribution < 1.29 is 0 Å². The molecule has 1 N–H and O–H groups in total. The van der Waals surface area contributed by atoms with Gasteiger partial charge in [0.2, 0.25) is 0 Å². The molecule has 1 atom stereocenters. The molecule has 0 aliphatic carbocycles. The minimum absolute atomic E-state index is 0.639. The second kappa shape index (κ2) is 4.13. The fraction of sp³-hybridized carbons (Fsp3) is 0.714. The van der Waals surface area contributed by atoms with Crippen LogP contribution in [-0.4, -0.2) is 17.5 Å². The average molecular weight is 235 g/mol. The van der Waals surface area contributed by atoms with E-state index in [1.165, 1.54) is 6.42 Å². The van der Waals surface area contributed by atoms with Crippen molar-refractivity contribution in [3.8, 4) is 11.8 Å². The summed E-state index contributed by atoms with van der Waals surface area (Å²) in [6, 6.07) is 0. The van der Waals surface area contributed by atoms with Crippen LogP contribution in [0.15, 0.2) is 0 Å². The molecular weight excluding hydrogens is 225 g/mol. The molecule has 0 saturated carbocycles. The molecule has 1 aliphatic heterocycles. The van der Waals surface area contributed by atoms with Gasteiger partial charge in [-0.1, -0.05) is 34.4 Å². The van der Waals surface area contributed by atoms with Crippen molar-refractivity contribution in [1.29, 1.82) is 0 Å². The van der Waals surface area contributed by atoms with Crippen LogP contribution < -0.4 is 5.32 Å². The van der Waals surface area contributed by atoms with Crippen molar-refractivity contribution in [2.24, 2.45) is 5.92 Å². The third-order valence-corrected chi connectivity index (χ3v) is 1.81. The van der Waals surface area contributed by atoms with E-state index in [1.54, 1.807) is 0 Å². The summed E-state index contributed by atoms with van der Waals surface area (Å²) in [6.07, 6.45) is 1.24. The summed E-state index contributed by atoms with van der Waals surface area (Å²) in [4.78, 5) is 0. The summed E-state index contributed by atoms with van der Waals surface area (Å²) < 4.78 is 0.967. The zero-order chi connectivity index (χ0) is 6.53. The highest BCUT2D eigenvalue weighted by Gasteiger charge is 2.09. The van der Waals surface area contributed by atoms with Gasteiger partial charge in [0.05, 0.1) is 4.43 Å². The lowest BCUT2D eigenvalue weighted by Gasteiger charge is -1.92. The van der Waals surface area contributed by atoms with Gasteiger partial charge in [0.1, 0.15) is 0 Å². The van der Waals surface area contributed by atoms with Gasteiger partial charge in [-0.15, -0.1) is 0 Å². The largest absolute Gasteiger partial charge is 0.315 e. The Hall–Kier alpha value is 0.250. The topological polar surface area (TPSA) is 12.0 Å². The lowest BCUT2D eigenvalue weighted by Crippen LogP contribution is -2.07. The van der Waals surface area contributed by atoms with E-state index < -0.39 is 0 Å². The maximum absolute atomic E-state index is 3.28. The van der Waals surface area contributed by atoms with Gasteiger partial charge in [0, 0.05) is 12.5 Å². The average Bonchev–Trinajstić information content (AvgIpc) is 2.34. The quantitative estimate of drug-likeness (QED) is 0.375. The van der Waals surface area contributed by atoms with Crippen molar-refractivity contribution in [2.45, 2.75) is 6.42 Å². The molecular formula is C7H10IN. The van der Waals surface area contributed by atoms with Gasteiger partial charge in [-0.3, -0.25) is 0 Å². The standard InChI is InChI=1S/C7H10IN/c8-4-1-2-7-3-5-9-6-7/h7,9H,3-6H2. The first-order valence-corrected chi connectivity index (χ1v) is 4.71. The highest BCUT2D eigenvalue weighted by Crippen LogP contribution is 2.04. The summed E-state index contributed by atoms with van der Waals surface area (Å²) in [5, 5.41) is 3.28. The Morgan fingerprint density at radius 2 is 2.56 bits per heavy atom. The highest BCUT2D eigenvalue weighted by molar-refractivity contribution is 14.1. The summed E-state index contributed by atoms with van der Waals surface area (Å²) >= 11 is 2.28. The van der Waals surface area contributed by atoms with Crippen LogP contribution in [0.1, 0.15) is 6.42 Å². The Balaban J connectivity index is 2.26. The van der Waals surface area contributed by atoms with Crippen LogP contribution in [0.25, 0.3) is 0 Å². The first kappa shape index (κ1) is 7.36. The molecule has 0 amide bonds. The lowest BCUT2D eigenvalue weighted by molar-refractivity contribution is 0.755. The predicted octanol–water partition coefficient (Wildman–Crippen LogP) is 1.03. The van der Waals surface area contributed by atoms with E-state index >= 15 is 0 Å². The zero-order valence-electron chi connectivity index (χ0n) is 5.28. The first-order valence-electron chi connectivity index (χ1n) is 3.18. The summed E-state index contributed by atoms with van der Waals surface area (Å²) in [5.41, 5.74) is 0. The maximum atomic E-state index is 3.28. The normalized spacial score (nSPS) is 25.2. The number of hydrogen-bond donors (Lipinski definition) is 1. The van der Waals surface area contributed by atoms with Crippen molar-refractivity contribution in [3.63, 3.8) is 0 Å². The Morgan fingerprint density at radius 3 is 3.11 bits per heavy atom. The molecule has 1 fully saturated rings. The maximum Gasteiger partial charge on any atom is 0.0609 e. The molecule has 1 heterocycles. The highest BCUT2D eigenvalue weighted by atomic mass is 127. The fourth-order valence-electron chi connectivity index (χ4n) is 0.961. The van der Waals surface area contributed by atoms with E-state index in [0.29, 0.717) is 5.92 Å². The fourth-order valence-corrected chi connectivity index (χ4v) is 1.18. The Kier molecular flexibility index (Phi) is 3.37. The molecule has 0 aromatic rings. The molecule has 0 aromatic heterocycles. The molecule has 9 heavy (non-hydrogen) atoms. The van der Waals surface area contributed by atoms with Crippen LogP contribution in [0.5, 0.6) is 0 Å². The molecule has 0 bridgehead atoms. The Bertz CT molecular complexity index is 128. The van der Waals surface area contributed by atoms with E-state index in [4.69, 9.17) is 0 Å². The first-order chi connectivity index (χ1) is 4.43. The number of nitrogens with one attached hydrogen (secondary N) is 1. The second-order valence-corrected chi connectivity index (χ2v) is 2.91. The smallest absolute Gasteiger partial charge is 0.0609 e. The van der Waals surface area contributed by atoms with Crippen LogP contribution in [0.3, 0.4) is 0 Å². The van der Waals surface area contributed by atoms with E-state index in [0.717, 1.165) is 17.5 Å². The minimum Gasteiger partial charge on any atom is -0.315 e. The van der Waals surface area contributed by atoms with E-state index in [2.05, 4.69) is 39.7 Å². The molecule has 1 nitrogen and oxygen atoms in total. The Morgan fingerprint density at radius 1 is 1.67 bits per heavy atom. The van der Waals surface area contributed by atoms with Gasteiger partial charge in [0.25, 0.3) is 0 Å². The van der Waals surface area contributed by atoms with Crippen LogP contribution in [-0.2, 0) is 0 Å². The van der Waals surface area contributed by atoms with E-state index in [9.17, 15) is 0 Å². The monoisotopic (exact) mass is 235 g/mol. The number of alkyl halides is 1. The third kappa shape index (κ3) is 2.55. The molecule has 0 aromatic carbocycles. The molecule has 1 aliphatic rings. The molecule has 2 heteroatoms. The Labute approximate surface area is 69.7 Å². The molecule has 0 spiro atoms. The lowest BCUT2D eigenvalue weighted by atomic mass is 10.1. The van der Waals surface area contributed by atoms with Crippen LogP contribution in [0, 0.1) is 17.8 Å². The van der Waals surface area contributed by atoms with Gasteiger partial charge >= 0.3 is 0 Å². The van der Waals surface area contributed by atoms with Gasteiger partial charge in [0.15, 0.2) is 0 Å². The van der Waals surface area contributed by atoms with Crippen LogP contribution in [0.2, 0.25) is 0 Å². The zero-order valence-corrected chi connectivity index (χ0v) is 7.44. The summed E-state index contributed by atoms with van der Waals surface area (Å²) in [6.45, 7) is 2.25. The SMILES string of the molecule is ICC#CC1CCNC1. The third-order valence-electron chi connectivity index (χ3n) is 1.43. The van der Waals surface area contributed by atoms with Gasteiger partial charge in [-0.25, -0.2) is 0 Å². The summed E-state index contributed by atoms with van der Waals surface area (Å²) in [7, 11) is 0. The van der Waals surface area contributed by atoms with E-state index in [-0.39, 0.29) is 0 Å². The van der Waals surface area contributed by atoms with Crippen molar-refractivity contribution >= 4 is 22.6 Å². The molecule has 50 valence electrons. The second-order valence-electron chi connectivity index (χ2n) is 2.14. The van der Waals surface area contributed by atoms with Gasteiger partial charge in [-0.05, 0) is 13.0 Å². The molecule has 0 radical (unpaired) electrons. The van der Waals surface area contributed by atoms with Crippen molar-refractivity contribution in [3.05, 3.63) is 0 Å². The number of rotatable bonds is 0. The van der Waals surface area contributed by atoms with Crippen LogP contribution >= 0.6 is 22.6 Å². The number of halogens is 1. The van der Waals surface area contributed by atoms with Crippen LogP contribution in [0.4, 0.5) is 0 Å². The predicted molar refractivity (Wildman–Crippen MR) is 47.6 cm³/mol.